The Morgan fingerprint density at radius 3 is 2.39 bits per heavy atom. The van der Waals surface area contributed by atoms with Gasteiger partial charge >= 0.3 is 0 Å². The summed E-state index contributed by atoms with van der Waals surface area (Å²) in [6.45, 7) is 12.0. The average molecular weight is 485 g/mol. The molecule has 0 aliphatic carbocycles. The van der Waals surface area contributed by atoms with Crippen molar-refractivity contribution in [2.75, 3.05) is 26.2 Å². The standard InChI is InChI=1S/C23H29BrN6O/c1-17-21(18(2)30(26-17)20-8-6-5-7-9-20)16-27-10-12-28(13-11-27)22(31)23(3,4)29-15-19(24)14-25-29/h5-9,14-15H,10-13,16H2,1-4H3. The third-order valence-electron chi connectivity index (χ3n) is 6.13. The van der Waals surface area contributed by atoms with Crippen molar-refractivity contribution in [1.29, 1.82) is 0 Å². The number of aryl methyl sites for hydroxylation is 1. The molecule has 1 saturated heterocycles. The summed E-state index contributed by atoms with van der Waals surface area (Å²) in [5.41, 5.74) is 3.87. The number of halogens is 1. The molecule has 3 aromatic rings. The van der Waals surface area contributed by atoms with Gasteiger partial charge in [0.2, 0.25) is 5.91 Å². The van der Waals surface area contributed by atoms with E-state index in [0.717, 1.165) is 48.6 Å². The number of carbonyl (C=O) groups is 1. The summed E-state index contributed by atoms with van der Waals surface area (Å²) in [6.07, 6.45) is 3.57. The Labute approximate surface area is 191 Å². The minimum atomic E-state index is -0.710. The van der Waals surface area contributed by atoms with Crippen LogP contribution in [0, 0.1) is 13.8 Å². The van der Waals surface area contributed by atoms with Crippen molar-refractivity contribution < 1.29 is 4.79 Å². The molecule has 1 fully saturated rings. The van der Waals surface area contributed by atoms with E-state index in [-0.39, 0.29) is 5.91 Å². The predicted molar refractivity (Wildman–Crippen MR) is 124 cm³/mol. The van der Waals surface area contributed by atoms with Crippen molar-refractivity contribution in [3.8, 4) is 5.69 Å². The molecule has 0 spiro atoms. The van der Waals surface area contributed by atoms with Crippen LogP contribution in [-0.2, 0) is 16.9 Å². The molecule has 1 aromatic carbocycles. The Balaban J connectivity index is 1.41. The van der Waals surface area contributed by atoms with E-state index in [4.69, 9.17) is 5.10 Å². The largest absolute Gasteiger partial charge is 0.338 e. The predicted octanol–water partition coefficient (Wildman–Crippen LogP) is 3.53. The van der Waals surface area contributed by atoms with Crippen molar-refractivity contribution >= 4 is 21.8 Å². The van der Waals surface area contributed by atoms with Gasteiger partial charge < -0.3 is 4.90 Å². The molecule has 0 radical (unpaired) electrons. The third-order valence-corrected chi connectivity index (χ3v) is 6.54. The zero-order valence-electron chi connectivity index (χ0n) is 18.5. The summed E-state index contributed by atoms with van der Waals surface area (Å²) in [5.74, 6) is 0.104. The lowest BCUT2D eigenvalue weighted by Gasteiger charge is -2.38. The lowest BCUT2D eigenvalue weighted by Crippen LogP contribution is -2.54. The SMILES string of the molecule is Cc1nn(-c2ccccc2)c(C)c1CN1CCN(C(=O)C(C)(C)n2cc(Br)cn2)CC1. The highest BCUT2D eigenvalue weighted by molar-refractivity contribution is 9.10. The second kappa shape index (κ2) is 8.59. The van der Waals surface area contributed by atoms with Gasteiger partial charge in [-0.2, -0.15) is 10.2 Å². The Morgan fingerprint density at radius 1 is 1.10 bits per heavy atom. The van der Waals surface area contributed by atoms with Gasteiger partial charge in [-0.3, -0.25) is 14.4 Å². The number of rotatable bonds is 5. The first-order valence-electron chi connectivity index (χ1n) is 10.6. The number of hydrogen-bond acceptors (Lipinski definition) is 4. The molecule has 0 saturated carbocycles. The molecular formula is C23H29BrN6O. The lowest BCUT2D eigenvalue weighted by molar-refractivity contribution is -0.141. The minimum Gasteiger partial charge on any atom is -0.338 e. The minimum absolute atomic E-state index is 0.104. The molecule has 8 heteroatoms. The van der Waals surface area contributed by atoms with Crippen LogP contribution in [0.4, 0.5) is 0 Å². The number of hydrogen-bond donors (Lipinski definition) is 0. The first-order valence-corrected chi connectivity index (χ1v) is 11.4. The van der Waals surface area contributed by atoms with Crippen LogP contribution in [0.3, 0.4) is 0 Å². The van der Waals surface area contributed by atoms with Crippen molar-refractivity contribution in [2.45, 2.75) is 39.8 Å². The van der Waals surface area contributed by atoms with Gasteiger partial charge in [0.15, 0.2) is 0 Å². The van der Waals surface area contributed by atoms with E-state index in [0.29, 0.717) is 0 Å². The molecule has 31 heavy (non-hydrogen) atoms. The van der Waals surface area contributed by atoms with Crippen LogP contribution in [0.2, 0.25) is 0 Å². The zero-order valence-corrected chi connectivity index (χ0v) is 20.1. The Kier molecular flexibility index (Phi) is 6.03. The van der Waals surface area contributed by atoms with Crippen molar-refractivity contribution in [2.24, 2.45) is 0 Å². The zero-order chi connectivity index (χ0) is 22.2. The van der Waals surface area contributed by atoms with Gasteiger partial charge in [0.1, 0.15) is 5.54 Å². The summed E-state index contributed by atoms with van der Waals surface area (Å²) in [4.78, 5) is 17.5. The summed E-state index contributed by atoms with van der Waals surface area (Å²) in [7, 11) is 0. The smallest absolute Gasteiger partial charge is 0.250 e. The normalized spacial score (nSPS) is 15.5. The molecule has 0 bridgehead atoms. The maximum Gasteiger partial charge on any atom is 0.250 e. The van der Waals surface area contributed by atoms with Crippen LogP contribution in [0.25, 0.3) is 5.69 Å². The first kappa shape index (κ1) is 21.8. The number of piperazine rings is 1. The fourth-order valence-electron chi connectivity index (χ4n) is 4.15. The fourth-order valence-corrected chi connectivity index (χ4v) is 4.43. The summed E-state index contributed by atoms with van der Waals surface area (Å²) in [5, 5.41) is 9.09. The van der Waals surface area contributed by atoms with Crippen LogP contribution >= 0.6 is 15.9 Å². The average Bonchev–Trinajstić information content (AvgIpc) is 3.33. The van der Waals surface area contributed by atoms with Gasteiger partial charge in [0, 0.05) is 50.2 Å². The van der Waals surface area contributed by atoms with Crippen LogP contribution in [0.1, 0.15) is 30.8 Å². The molecule has 0 atom stereocenters. The highest BCUT2D eigenvalue weighted by atomic mass is 79.9. The first-order chi connectivity index (χ1) is 14.8. The Morgan fingerprint density at radius 2 is 1.77 bits per heavy atom. The van der Waals surface area contributed by atoms with E-state index in [2.05, 4.69) is 51.9 Å². The number of benzene rings is 1. The van der Waals surface area contributed by atoms with Gasteiger partial charge in [-0.05, 0) is 55.8 Å². The lowest BCUT2D eigenvalue weighted by atomic mass is 10.0. The monoisotopic (exact) mass is 484 g/mol. The van der Waals surface area contributed by atoms with Crippen molar-refractivity contribution in [3.63, 3.8) is 0 Å². The molecular weight excluding hydrogens is 456 g/mol. The fraction of sp³-hybridized carbons (Fsp3) is 0.435. The molecule has 3 heterocycles. The maximum atomic E-state index is 13.2. The van der Waals surface area contributed by atoms with Crippen molar-refractivity contribution in [3.05, 3.63) is 64.1 Å². The van der Waals surface area contributed by atoms with Gasteiger partial charge in [-0.25, -0.2) is 4.68 Å². The van der Waals surface area contributed by atoms with Crippen LogP contribution < -0.4 is 0 Å². The molecule has 7 nitrogen and oxygen atoms in total. The summed E-state index contributed by atoms with van der Waals surface area (Å²) >= 11 is 3.42. The number of amides is 1. The molecule has 2 aromatic heterocycles. The Bertz CT molecular complexity index is 1060. The molecule has 1 amide bonds. The number of para-hydroxylation sites is 1. The van der Waals surface area contributed by atoms with Gasteiger partial charge in [0.05, 0.1) is 22.1 Å². The van der Waals surface area contributed by atoms with Crippen LogP contribution in [-0.4, -0.2) is 61.4 Å². The van der Waals surface area contributed by atoms with Crippen LogP contribution in [0.15, 0.2) is 47.2 Å². The second-order valence-electron chi connectivity index (χ2n) is 8.63. The van der Waals surface area contributed by atoms with E-state index in [1.54, 1.807) is 10.9 Å². The van der Waals surface area contributed by atoms with Crippen LogP contribution in [0.5, 0.6) is 0 Å². The quantitative estimate of drug-likeness (QED) is 0.555. The summed E-state index contributed by atoms with van der Waals surface area (Å²) < 4.78 is 4.63. The molecule has 1 aliphatic heterocycles. The van der Waals surface area contributed by atoms with Gasteiger partial charge in [-0.1, -0.05) is 18.2 Å². The highest BCUT2D eigenvalue weighted by Gasteiger charge is 2.36. The molecule has 164 valence electrons. The van der Waals surface area contributed by atoms with E-state index < -0.39 is 5.54 Å². The maximum absolute atomic E-state index is 13.2. The molecule has 0 unspecified atom stereocenters. The summed E-state index contributed by atoms with van der Waals surface area (Å²) in [6, 6.07) is 10.2. The number of aromatic nitrogens is 4. The van der Waals surface area contributed by atoms with Crippen molar-refractivity contribution in [1.82, 2.24) is 29.4 Å². The third kappa shape index (κ3) is 4.32. The molecule has 4 rings (SSSR count). The molecule has 0 N–H and O–H groups in total. The highest BCUT2D eigenvalue weighted by Crippen LogP contribution is 2.23. The van der Waals surface area contributed by atoms with E-state index >= 15 is 0 Å². The Hall–Kier alpha value is -2.45. The van der Waals surface area contributed by atoms with Gasteiger partial charge in [-0.15, -0.1) is 0 Å². The number of nitrogens with zero attached hydrogens (tertiary/aromatic N) is 6. The van der Waals surface area contributed by atoms with E-state index in [1.165, 1.54) is 11.3 Å². The number of carbonyl (C=O) groups excluding carboxylic acids is 1. The molecule has 1 aliphatic rings. The van der Waals surface area contributed by atoms with Gasteiger partial charge in [0.25, 0.3) is 0 Å². The second-order valence-corrected chi connectivity index (χ2v) is 9.54. The van der Waals surface area contributed by atoms with E-state index in [9.17, 15) is 4.79 Å². The topological polar surface area (TPSA) is 59.2 Å². The van der Waals surface area contributed by atoms with E-state index in [1.807, 2.05) is 47.8 Å².